The summed E-state index contributed by atoms with van der Waals surface area (Å²) >= 11 is 0. The number of carboxylic acids is 1. The molecule has 1 aliphatic carbocycles. The Hall–Kier alpha value is -1.88. The monoisotopic (exact) mass is 291 g/mol. The maximum absolute atomic E-state index is 13.5. The molecule has 3 rings (SSSR count). The molecule has 1 aliphatic heterocycles. The van der Waals surface area contributed by atoms with E-state index in [1.807, 2.05) is 0 Å². The minimum Gasteiger partial charge on any atom is -0.478 e. The second-order valence-corrected chi connectivity index (χ2v) is 5.48. The molecule has 1 saturated heterocycles. The fourth-order valence-corrected chi connectivity index (χ4v) is 3.31. The summed E-state index contributed by atoms with van der Waals surface area (Å²) in [7, 11) is 0. The number of fused-ring (bicyclic) bond motifs is 1. The molecule has 2 fully saturated rings. The van der Waals surface area contributed by atoms with Gasteiger partial charge in [0.05, 0.1) is 18.8 Å². The van der Waals surface area contributed by atoms with Crippen LogP contribution in [0.5, 0.6) is 0 Å². The Balaban J connectivity index is 1.95. The third-order valence-corrected chi connectivity index (χ3v) is 4.19. The lowest BCUT2D eigenvalue weighted by molar-refractivity contribution is -0.131. The van der Waals surface area contributed by atoms with Crippen molar-refractivity contribution in [3.8, 4) is 0 Å². The number of anilines is 1. The van der Waals surface area contributed by atoms with Crippen LogP contribution >= 0.6 is 0 Å². The average molecular weight is 291 g/mol. The minimum absolute atomic E-state index is 0.236. The minimum atomic E-state index is -1.04. The number of carboxylic acid groups (broad SMARTS) is 1. The van der Waals surface area contributed by atoms with E-state index < -0.39 is 5.97 Å². The summed E-state index contributed by atoms with van der Waals surface area (Å²) in [4.78, 5) is 13.0. The van der Waals surface area contributed by atoms with Crippen molar-refractivity contribution in [3.05, 3.63) is 35.7 Å². The normalized spacial score (nSPS) is 25.3. The maximum Gasteiger partial charge on any atom is 0.328 e. The van der Waals surface area contributed by atoms with Crippen molar-refractivity contribution in [1.82, 2.24) is 0 Å². The molecule has 21 heavy (non-hydrogen) atoms. The first-order valence-corrected chi connectivity index (χ1v) is 7.24. The molecular weight excluding hydrogens is 273 g/mol. The smallest absolute Gasteiger partial charge is 0.328 e. The van der Waals surface area contributed by atoms with Gasteiger partial charge in [0, 0.05) is 23.9 Å². The molecule has 0 aromatic heterocycles. The Morgan fingerprint density at radius 2 is 2.29 bits per heavy atom. The second kappa shape index (κ2) is 5.85. The van der Waals surface area contributed by atoms with Gasteiger partial charge >= 0.3 is 5.97 Å². The van der Waals surface area contributed by atoms with Crippen molar-refractivity contribution < 1.29 is 19.0 Å². The van der Waals surface area contributed by atoms with Gasteiger partial charge in [-0.2, -0.15) is 0 Å². The number of nitrogens with zero attached hydrogens (tertiary/aromatic N) is 1. The van der Waals surface area contributed by atoms with E-state index in [1.165, 1.54) is 18.2 Å². The summed E-state index contributed by atoms with van der Waals surface area (Å²) in [5.74, 6) is -1.40. The first-order chi connectivity index (χ1) is 10.1. The van der Waals surface area contributed by atoms with Crippen LogP contribution < -0.4 is 4.90 Å². The van der Waals surface area contributed by atoms with Crippen LogP contribution in [0.25, 0.3) is 6.08 Å². The lowest BCUT2D eigenvalue weighted by Crippen LogP contribution is -2.48. The van der Waals surface area contributed by atoms with Crippen molar-refractivity contribution in [1.29, 1.82) is 0 Å². The number of hydrogen-bond donors (Lipinski definition) is 1. The standard InChI is InChI=1S/C16H18FNO3/c17-12-5-6-13(11(10-12)4-7-16(19)20)18-8-9-21-15-3-1-2-14(15)18/h4-7,10,14-15H,1-3,8-9H2,(H,19,20). The third-order valence-electron chi connectivity index (χ3n) is 4.19. The maximum atomic E-state index is 13.5. The lowest BCUT2D eigenvalue weighted by Gasteiger charge is -2.40. The summed E-state index contributed by atoms with van der Waals surface area (Å²) < 4.78 is 19.3. The van der Waals surface area contributed by atoms with Crippen LogP contribution in [-0.2, 0) is 9.53 Å². The molecule has 1 aromatic rings. The van der Waals surface area contributed by atoms with Gasteiger partial charge in [0.25, 0.3) is 0 Å². The molecule has 112 valence electrons. The number of morpholine rings is 1. The molecule has 1 aromatic carbocycles. The molecule has 2 atom stereocenters. The van der Waals surface area contributed by atoms with Crippen molar-refractivity contribution in [2.75, 3.05) is 18.1 Å². The lowest BCUT2D eigenvalue weighted by atomic mass is 10.1. The molecule has 1 N–H and O–H groups in total. The highest BCUT2D eigenvalue weighted by molar-refractivity contribution is 5.87. The van der Waals surface area contributed by atoms with Gasteiger partial charge in [-0.3, -0.25) is 0 Å². The van der Waals surface area contributed by atoms with Gasteiger partial charge in [-0.1, -0.05) is 0 Å². The number of rotatable bonds is 3. The van der Waals surface area contributed by atoms with Crippen LogP contribution in [0.2, 0.25) is 0 Å². The molecule has 1 saturated carbocycles. The molecule has 2 aliphatic rings. The van der Waals surface area contributed by atoms with Gasteiger partial charge in [-0.25, -0.2) is 9.18 Å². The van der Waals surface area contributed by atoms with E-state index in [-0.39, 0.29) is 11.9 Å². The Morgan fingerprint density at radius 1 is 1.43 bits per heavy atom. The van der Waals surface area contributed by atoms with Crippen LogP contribution in [0.3, 0.4) is 0 Å². The molecular formula is C16H18FNO3. The van der Waals surface area contributed by atoms with Crippen molar-refractivity contribution in [2.24, 2.45) is 0 Å². The van der Waals surface area contributed by atoms with Crippen molar-refractivity contribution in [2.45, 2.75) is 31.4 Å². The molecule has 0 amide bonds. The van der Waals surface area contributed by atoms with Gasteiger partial charge in [-0.15, -0.1) is 0 Å². The van der Waals surface area contributed by atoms with E-state index in [0.29, 0.717) is 18.2 Å². The van der Waals surface area contributed by atoms with Gasteiger partial charge < -0.3 is 14.7 Å². The molecule has 0 bridgehead atoms. The Morgan fingerprint density at radius 3 is 3.10 bits per heavy atom. The SMILES string of the molecule is O=C(O)C=Cc1cc(F)ccc1N1CCOC2CCCC21. The zero-order valence-electron chi connectivity index (χ0n) is 11.7. The Kier molecular flexibility index (Phi) is 3.92. The highest BCUT2D eigenvalue weighted by Gasteiger charge is 2.36. The summed E-state index contributed by atoms with van der Waals surface area (Å²) in [6.07, 6.45) is 5.99. The predicted molar refractivity (Wildman–Crippen MR) is 77.8 cm³/mol. The number of halogens is 1. The predicted octanol–water partition coefficient (Wildman–Crippen LogP) is 2.68. The number of benzene rings is 1. The van der Waals surface area contributed by atoms with Crippen molar-refractivity contribution in [3.63, 3.8) is 0 Å². The number of aliphatic carboxylic acids is 1. The molecule has 0 spiro atoms. The summed E-state index contributed by atoms with van der Waals surface area (Å²) in [5, 5.41) is 8.78. The highest BCUT2D eigenvalue weighted by Crippen LogP contribution is 2.35. The number of carbonyl (C=O) groups is 1. The van der Waals surface area contributed by atoms with Gasteiger partial charge in [-0.05, 0) is 43.5 Å². The van der Waals surface area contributed by atoms with Crippen molar-refractivity contribution >= 4 is 17.7 Å². The number of hydrogen-bond acceptors (Lipinski definition) is 3. The summed E-state index contributed by atoms with van der Waals surface area (Å²) in [6.45, 7) is 1.40. The zero-order valence-corrected chi connectivity index (χ0v) is 11.7. The Labute approximate surface area is 122 Å². The third kappa shape index (κ3) is 2.93. The average Bonchev–Trinajstić information content (AvgIpc) is 2.93. The largest absolute Gasteiger partial charge is 0.478 e. The Bertz CT molecular complexity index is 573. The van der Waals surface area contributed by atoms with E-state index in [0.717, 1.165) is 37.6 Å². The topological polar surface area (TPSA) is 49.8 Å². The van der Waals surface area contributed by atoms with Crippen LogP contribution in [0.4, 0.5) is 10.1 Å². The quantitative estimate of drug-likeness (QED) is 0.870. The number of ether oxygens (including phenoxy) is 1. The highest BCUT2D eigenvalue weighted by atomic mass is 19.1. The van der Waals surface area contributed by atoms with Crippen LogP contribution in [0, 0.1) is 5.82 Å². The van der Waals surface area contributed by atoms with Gasteiger partial charge in [0.2, 0.25) is 0 Å². The second-order valence-electron chi connectivity index (χ2n) is 5.48. The fraction of sp³-hybridized carbons (Fsp3) is 0.438. The van der Waals surface area contributed by atoms with Crippen LogP contribution in [-0.4, -0.2) is 36.4 Å². The van der Waals surface area contributed by atoms with Gasteiger partial charge in [0.15, 0.2) is 0 Å². The summed E-state index contributed by atoms with van der Waals surface area (Å²) in [5.41, 5.74) is 1.49. The van der Waals surface area contributed by atoms with Gasteiger partial charge in [0.1, 0.15) is 5.82 Å². The fourth-order valence-electron chi connectivity index (χ4n) is 3.31. The molecule has 1 heterocycles. The van der Waals surface area contributed by atoms with Crippen LogP contribution in [0.15, 0.2) is 24.3 Å². The zero-order chi connectivity index (χ0) is 14.8. The molecule has 5 heteroatoms. The van der Waals surface area contributed by atoms with E-state index in [4.69, 9.17) is 9.84 Å². The van der Waals surface area contributed by atoms with E-state index in [2.05, 4.69) is 4.90 Å². The molecule has 0 radical (unpaired) electrons. The summed E-state index contributed by atoms with van der Waals surface area (Å²) in [6, 6.07) is 4.85. The van der Waals surface area contributed by atoms with E-state index >= 15 is 0 Å². The molecule has 2 unspecified atom stereocenters. The molecule has 4 nitrogen and oxygen atoms in total. The van der Waals surface area contributed by atoms with E-state index in [9.17, 15) is 9.18 Å². The van der Waals surface area contributed by atoms with Crippen LogP contribution in [0.1, 0.15) is 24.8 Å². The first-order valence-electron chi connectivity index (χ1n) is 7.24. The van der Waals surface area contributed by atoms with E-state index in [1.54, 1.807) is 6.07 Å². The first kappa shape index (κ1) is 14.1.